The SMILES string of the molecule is CC1(C)Nc2ccccc2N(CCOC(=O)/C=C/c2ccco2)C1=O. The molecule has 1 aliphatic heterocycles. The van der Waals surface area contributed by atoms with E-state index in [2.05, 4.69) is 5.32 Å². The van der Waals surface area contributed by atoms with E-state index in [0.29, 0.717) is 12.3 Å². The largest absolute Gasteiger partial charge is 0.465 e. The van der Waals surface area contributed by atoms with E-state index in [-0.39, 0.29) is 12.5 Å². The molecule has 6 heteroatoms. The van der Waals surface area contributed by atoms with Crippen molar-refractivity contribution in [3.05, 3.63) is 54.5 Å². The first-order valence-electron chi connectivity index (χ1n) is 8.05. The average molecular weight is 340 g/mol. The Kier molecular flexibility index (Phi) is 4.61. The minimum absolute atomic E-state index is 0.0617. The van der Waals surface area contributed by atoms with Gasteiger partial charge in [0.15, 0.2) is 0 Å². The summed E-state index contributed by atoms with van der Waals surface area (Å²) in [4.78, 5) is 26.1. The predicted molar refractivity (Wildman–Crippen MR) is 95.2 cm³/mol. The molecule has 1 aromatic heterocycles. The van der Waals surface area contributed by atoms with Gasteiger partial charge in [-0.2, -0.15) is 0 Å². The van der Waals surface area contributed by atoms with Crippen molar-refractivity contribution in [3.8, 4) is 0 Å². The third-order valence-corrected chi connectivity index (χ3v) is 3.91. The highest BCUT2D eigenvalue weighted by atomic mass is 16.5. The van der Waals surface area contributed by atoms with Crippen molar-refractivity contribution in [2.75, 3.05) is 23.4 Å². The summed E-state index contributed by atoms with van der Waals surface area (Å²) in [6.07, 6.45) is 4.37. The summed E-state index contributed by atoms with van der Waals surface area (Å²) < 4.78 is 10.3. The van der Waals surface area contributed by atoms with Crippen molar-refractivity contribution >= 4 is 29.3 Å². The monoisotopic (exact) mass is 340 g/mol. The van der Waals surface area contributed by atoms with Crippen molar-refractivity contribution in [1.82, 2.24) is 0 Å². The standard InChI is InChI=1S/C19H20N2O4/c1-19(2)18(23)21(16-8-4-3-7-15(16)20-19)11-13-25-17(22)10-9-14-6-5-12-24-14/h3-10,12,20H,11,13H2,1-2H3/b10-9+. The lowest BCUT2D eigenvalue weighted by Crippen LogP contribution is -2.54. The molecule has 2 aromatic rings. The van der Waals surface area contributed by atoms with Crippen LogP contribution in [0.2, 0.25) is 0 Å². The first-order valence-corrected chi connectivity index (χ1v) is 8.05. The second-order valence-electron chi connectivity index (χ2n) is 6.24. The van der Waals surface area contributed by atoms with Crippen LogP contribution in [0.1, 0.15) is 19.6 Å². The van der Waals surface area contributed by atoms with E-state index >= 15 is 0 Å². The maximum absolute atomic E-state index is 12.7. The fraction of sp³-hybridized carbons (Fsp3) is 0.263. The van der Waals surface area contributed by atoms with Crippen LogP contribution in [0.4, 0.5) is 11.4 Å². The molecule has 0 fully saturated rings. The van der Waals surface area contributed by atoms with E-state index in [4.69, 9.17) is 9.15 Å². The molecule has 0 radical (unpaired) electrons. The molecule has 2 heterocycles. The zero-order valence-corrected chi connectivity index (χ0v) is 14.2. The van der Waals surface area contributed by atoms with E-state index < -0.39 is 11.5 Å². The van der Waals surface area contributed by atoms with Gasteiger partial charge >= 0.3 is 5.97 Å². The fourth-order valence-corrected chi connectivity index (χ4v) is 2.70. The molecular formula is C19H20N2O4. The Balaban J connectivity index is 1.62. The van der Waals surface area contributed by atoms with Crippen LogP contribution < -0.4 is 10.2 Å². The second kappa shape index (κ2) is 6.84. The van der Waals surface area contributed by atoms with Crippen molar-refractivity contribution in [1.29, 1.82) is 0 Å². The zero-order chi connectivity index (χ0) is 17.9. The van der Waals surface area contributed by atoms with Gasteiger partial charge in [-0.25, -0.2) is 4.79 Å². The number of hydrogen-bond acceptors (Lipinski definition) is 5. The minimum atomic E-state index is -0.711. The Bertz CT molecular complexity index is 794. The van der Waals surface area contributed by atoms with Gasteiger partial charge in [-0.3, -0.25) is 4.79 Å². The maximum atomic E-state index is 12.7. The molecule has 0 spiro atoms. The van der Waals surface area contributed by atoms with Crippen molar-refractivity contribution < 1.29 is 18.7 Å². The Morgan fingerprint density at radius 1 is 1.28 bits per heavy atom. The average Bonchev–Trinajstić information content (AvgIpc) is 3.09. The summed E-state index contributed by atoms with van der Waals surface area (Å²) in [6.45, 7) is 4.06. The van der Waals surface area contributed by atoms with Crippen molar-refractivity contribution in [2.45, 2.75) is 19.4 Å². The molecule has 1 aromatic carbocycles. The van der Waals surface area contributed by atoms with Crippen molar-refractivity contribution in [2.24, 2.45) is 0 Å². The van der Waals surface area contributed by atoms with Gasteiger partial charge in [-0.15, -0.1) is 0 Å². The number of nitrogens with zero attached hydrogens (tertiary/aromatic N) is 1. The predicted octanol–water partition coefficient (Wildman–Crippen LogP) is 3.07. The van der Waals surface area contributed by atoms with Crippen molar-refractivity contribution in [3.63, 3.8) is 0 Å². The number of amides is 1. The minimum Gasteiger partial charge on any atom is -0.465 e. The first-order chi connectivity index (χ1) is 12.0. The van der Waals surface area contributed by atoms with Crippen LogP contribution in [0.25, 0.3) is 6.08 Å². The molecular weight excluding hydrogens is 320 g/mol. The van der Waals surface area contributed by atoms with Crippen LogP contribution in [0, 0.1) is 0 Å². The van der Waals surface area contributed by atoms with Crippen LogP contribution in [0.15, 0.2) is 53.2 Å². The molecule has 0 saturated carbocycles. The summed E-state index contributed by atoms with van der Waals surface area (Å²) >= 11 is 0. The molecule has 1 amide bonds. The molecule has 1 aliphatic rings. The highest BCUT2D eigenvalue weighted by Crippen LogP contribution is 2.34. The molecule has 0 saturated heterocycles. The topological polar surface area (TPSA) is 71.8 Å². The lowest BCUT2D eigenvalue weighted by atomic mass is 9.98. The van der Waals surface area contributed by atoms with Crippen LogP contribution in [0.5, 0.6) is 0 Å². The fourth-order valence-electron chi connectivity index (χ4n) is 2.70. The van der Waals surface area contributed by atoms with E-state index in [1.165, 1.54) is 18.4 Å². The molecule has 0 aliphatic carbocycles. The van der Waals surface area contributed by atoms with Gasteiger partial charge in [0, 0.05) is 6.08 Å². The number of furan rings is 1. The Labute approximate surface area is 146 Å². The number of anilines is 2. The van der Waals surface area contributed by atoms with E-state index in [9.17, 15) is 9.59 Å². The number of rotatable bonds is 5. The number of hydrogen-bond donors (Lipinski definition) is 1. The third kappa shape index (κ3) is 3.74. The normalized spacial score (nSPS) is 15.8. The number of carbonyl (C=O) groups is 2. The molecule has 3 rings (SSSR count). The van der Waals surface area contributed by atoms with Gasteiger partial charge in [0.1, 0.15) is 17.9 Å². The molecule has 0 unspecified atom stereocenters. The lowest BCUT2D eigenvalue weighted by molar-refractivity contribution is -0.137. The highest BCUT2D eigenvalue weighted by Gasteiger charge is 2.38. The second-order valence-corrected chi connectivity index (χ2v) is 6.24. The van der Waals surface area contributed by atoms with Gasteiger partial charge in [0.25, 0.3) is 5.91 Å². The number of fused-ring (bicyclic) bond motifs is 1. The summed E-state index contributed by atoms with van der Waals surface area (Å²) in [5.74, 6) is 0.0322. The van der Waals surface area contributed by atoms with Gasteiger partial charge in [0.2, 0.25) is 0 Å². The molecule has 0 bridgehead atoms. The quantitative estimate of drug-likeness (QED) is 0.669. The van der Waals surface area contributed by atoms with Crippen LogP contribution in [-0.4, -0.2) is 30.6 Å². The maximum Gasteiger partial charge on any atom is 0.330 e. The number of nitrogens with one attached hydrogen (secondary N) is 1. The number of esters is 1. The van der Waals surface area contributed by atoms with Crippen LogP contribution >= 0.6 is 0 Å². The molecule has 1 N–H and O–H groups in total. The molecule has 130 valence electrons. The molecule has 6 nitrogen and oxygen atoms in total. The Morgan fingerprint density at radius 2 is 2.08 bits per heavy atom. The van der Waals surface area contributed by atoms with Crippen LogP contribution in [0.3, 0.4) is 0 Å². The lowest BCUT2D eigenvalue weighted by Gasteiger charge is -2.39. The number of benzene rings is 1. The molecule has 0 atom stereocenters. The highest BCUT2D eigenvalue weighted by molar-refractivity contribution is 6.07. The summed E-state index contributed by atoms with van der Waals surface area (Å²) in [6, 6.07) is 11.1. The van der Waals surface area contributed by atoms with Crippen LogP contribution in [-0.2, 0) is 14.3 Å². The summed E-state index contributed by atoms with van der Waals surface area (Å²) in [5.41, 5.74) is 0.961. The Hall–Kier alpha value is -3.02. The number of para-hydroxylation sites is 2. The summed E-state index contributed by atoms with van der Waals surface area (Å²) in [5, 5.41) is 3.23. The van der Waals surface area contributed by atoms with E-state index in [1.807, 2.05) is 38.1 Å². The third-order valence-electron chi connectivity index (χ3n) is 3.91. The van der Waals surface area contributed by atoms with Gasteiger partial charge in [-0.1, -0.05) is 12.1 Å². The van der Waals surface area contributed by atoms with Gasteiger partial charge in [-0.05, 0) is 44.2 Å². The number of carbonyl (C=O) groups excluding carboxylic acids is 2. The first kappa shape index (κ1) is 16.8. The smallest absolute Gasteiger partial charge is 0.330 e. The van der Waals surface area contributed by atoms with E-state index in [0.717, 1.165) is 11.4 Å². The Morgan fingerprint density at radius 3 is 2.84 bits per heavy atom. The van der Waals surface area contributed by atoms with Gasteiger partial charge < -0.3 is 19.4 Å². The van der Waals surface area contributed by atoms with E-state index in [1.54, 1.807) is 17.0 Å². The summed E-state index contributed by atoms with van der Waals surface area (Å²) in [7, 11) is 0. The molecule has 25 heavy (non-hydrogen) atoms. The zero-order valence-electron chi connectivity index (χ0n) is 14.2. The van der Waals surface area contributed by atoms with Gasteiger partial charge in [0.05, 0.1) is 24.2 Å². The number of ether oxygens (including phenoxy) is 1.